The normalized spacial score (nSPS) is 36.2. The largest absolute Gasteiger partial charge is 0.383 e. The van der Waals surface area contributed by atoms with E-state index in [0.29, 0.717) is 6.42 Å². The molecule has 1 fully saturated rings. The van der Waals surface area contributed by atoms with Gasteiger partial charge >= 0.3 is 0 Å². The highest BCUT2D eigenvalue weighted by atomic mass is 35.6. The number of ether oxygens (including phenoxy) is 1. The number of hydrogen-bond acceptors (Lipinski definition) is 2. The minimum Gasteiger partial charge on any atom is -0.383 e. The summed E-state index contributed by atoms with van der Waals surface area (Å²) in [6.45, 7) is 0. The Hall–Kier alpha value is 0.790. The zero-order valence-electron chi connectivity index (χ0n) is 7.40. The third-order valence-corrected chi connectivity index (χ3v) is 3.56. The molecule has 1 rings (SSSR count). The summed E-state index contributed by atoms with van der Waals surface area (Å²) in [7, 11) is 1.53. The van der Waals surface area contributed by atoms with Gasteiger partial charge in [0.1, 0.15) is 5.60 Å². The molecule has 0 amide bonds. The second-order valence-corrected chi connectivity index (χ2v) is 5.67. The molecule has 1 aliphatic rings. The second kappa shape index (κ2) is 4.11. The third-order valence-electron chi connectivity index (χ3n) is 2.58. The Morgan fingerprint density at radius 2 is 2.00 bits per heavy atom. The van der Waals surface area contributed by atoms with Crippen LogP contribution in [0.5, 0.6) is 0 Å². The van der Waals surface area contributed by atoms with Crippen molar-refractivity contribution < 1.29 is 9.84 Å². The summed E-state index contributed by atoms with van der Waals surface area (Å²) >= 11 is 17.2. The molecule has 1 N–H and O–H groups in total. The van der Waals surface area contributed by atoms with Gasteiger partial charge in [0, 0.05) is 7.11 Å². The summed E-state index contributed by atoms with van der Waals surface area (Å²) in [6.07, 6.45) is 2.70. The highest BCUT2D eigenvalue weighted by Crippen LogP contribution is 2.47. The number of alkyl halides is 3. The second-order valence-electron chi connectivity index (χ2n) is 3.39. The van der Waals surface area contributed by atoms with Crippen molar-refractivity contribution in [2.75, 3.05) is 7.11 Å². The van der Waals surface area contributed by atoms with Crippen molar-refractivity contribution in [2.45, 2.75) is 41.2 Å². The topological polar surface area (TPSA) is 29.5 Å². The van der Waals surface area contributed by atoms with Crippen LogP contribution >= 0.6 is 34.8 Å². The lowest BCUT2D eigenvalue weighted by Crippen LogP contribution is -2.55. The molecule has 0 aromatic rings. The average molecular weight is 248 g/mol. The van der Waals surface area contributed by atoms with Crippen LogP contribution in [0.4, 0.5) is 0 Å². The van der Waals surface area contributed by atoms with Gasteiger partial charge in [0.15, 0.2) is 0 Å². The SMILES string of the molecule is COC1CCCCC1(O)C(Cl)(Cl)Cl. The van der Waals surface area contributed by atoms with Crippen molar-refractivity contribution in [3.05, 3.63) is 0 Å². The fraction of sp³-hybridized carbons (Fsp3) is 1.00. The zero-order valence-corrected chi connectivity index (χ0v) is 9.66. The van der Waals surface area contributed by atoms with Crippen molar-refractivity contribution in [2.24, 2.45) is 0 Å². The molecule has 1 aliphatic carbocycles. The van der Waals surface area contributed by atoms with E-state index in [1.807, 2.05) is 0 Å². The first-order valence-corrected chi connectivity index (χ1v) is 5.37. The van der Waals surface area contributed by atoms with Gasteiger partial charge in [0.05, 0.1) is 6.10 Å². The molecule has 0 aliphatic heterocycles. The maximum atomic E-state index is 10.1. The number of halogens is 3. The quantitative estimate of drug-likeness (QED) is 0.722. The fourth-order valence-corrected chi connectivity index (χ4v) is 2.41. The predicted molar refractivity (Wildman–Crippen MR) is 54.5 cm³/mol. The van der Waals surface area contributed by atoms with Crippen LogP contribution in [0.2, 0.25) is 0 Å². The molecule has 0 radical (unpaired) electrons. The Morgan fingerprint density at radius 3 is 2.38 bits per heavy atom. The van der Waals surface area contributed by atoms with Gasteiger partial charge in [-0.15, -0.1) is 0 Å². The molecule has 0 aromatic carbocycles. The Balaban J connectivity index is 2.83. The van der Waals surface area contributed by atoms with Gasteiger partial charge in [-0.1, -0.05) is 47.6 Å². The Morgan fingerprint density at radius 1 is 1.38 bits per heavy atom. The molecule has 2 nitrogen and oxygen atoms in total. The molecule has 2 unspecified atom stereocenters. The van der Waals surface area contributed by atoms with Gasteiger partial charge in [0.25, 0.3) is 0 Å². The molecular formula is C8H13Cl3O2. The molecule has 1 saturated carbocycles. The highest BCUT2D eigenvalue weighted by Gasteiger charge is 2.53. The van der Waals surface area contributed by atoms with E-state index < -0.39 is 9.39 Å². The van der Waals surface area contributed by atoms with Crippen LogP contribution in [-0.4, -0.2) is 27.7 Å². The van der Waals surface area contributed by atoms with Crippen molar-refractivity contribution in [1.82, 2.24) is 0 Å². The van der Waals surface area contributed by atoms with Crippen molar-refractivity contribution >= 4 is 34.8 Å². The summed E-state index contributed by atoms with van der Waals surface area (Å²) in [5, 5.41) is 10.1. The number of methoxy groups -OCH3 is 1. The highest BCUT2D eigenvalue weighted by molar-refractivity contribution is 6.68. The van der Waals surface area contributed by atoms with Crippen molar-refractivity contribution in [3.63, 3.8) is 0 Å². The standard InChI is InChI=1S/C8H13Cl3O2/c1-13-6-4-2-3-5-7(6,12)8(9,10)11/h6,12H,2-5H2,1H3. The van der Waals surface area contributed by atoms with E-state index in [1.54, 1.807) is 0 Å². The third kappa shape index (κ3) is 2.24. The lowest BCUT2D eigenvalue weighted by atomic mass is 9.83. The average Bonchev–Trinajstić information content (AvgIpc) is 2.03. The van der Waals surface area contributed by atoms with Crippen LogP contribution < -0.4 is 0 Å². The fourth-order valence-electron chi connectivity index (χ4n) is 1.76. The van der Waals surface area contributed by atoms with Gasteiger partial charge < -0.3 is 9.84 Å². The molecule has 0 spiro atoms. The molecule has 13 heavy (non-hydrogen) atoms. The lowest BCUT2D eigenvalue weighted by molar-refractivity contribution is -0.114. The van der Waals surface area contributed by atoms with Gasteiger partial charge in [0.2, 0.25) is 3.79 Å². The maximum Gasteiger partial charge on any atom is 0.221 e. The summed E-state index contributed by atoms with van der Waals surface area (Å²) < 4.78 is 3.46. The zero-order chi connectivity index (χ0) is 10.1. The number of rotatable bonds is 1. The van der Waals surface area contributed by atoms with E-state index in [4.69, 9.17) is 39.5 Å². The molecule has 5 heteroatoms. The van der Waals surface area contributed by atoms with Gasteiger partial charge in [-0.3, -0.25) is 0 Å². The van der Waals surface area contributed by atoms with E-state index in [-0.39, 0.29) is 6.10 Å². The molecule has 0 heterocycles. The summed E-state index contributed by atoms with van der Waals surface area (Å²) in [6, 6.07) is 0. The predicted octanol–water partition coefficient (Wildman–Crippen LogP) is 2.68. The van der Waals surface area contributed by atoms with Gasteiger partial charge in [-0.05, 0) is 12.8 Å². The van der Waals surface area contributed by atoms with Crippen LogP contribution in [-0.2, 0) is 4.74 Å². The van der Waals surface area contributed by atoms with Crippen LogP contribution in [0.15, 0.2) is 0 Å². The molecule has 0 bridgehead atoms. The summed E-state index contributed by atoms with van der Waals surface area (Å²) in [4.78, 5) is 0. The van der Waals surface area contributed by atoms with E-state index in [2.05, 4.69) is 0 Å². The van der Waals surface area contributed by atoms with Crippen LogP contribution in [0.1, 0.15) is 25.7 Å². The van der Waals surface area contributed by atoms with E-state index in [9.17, 15) is 5.11 Å². The Kier molecular flexibility index (Phi) is 3.75. The molecule has 78 valence electrons. The Labute approximate surface area is 93.1 Å². The minimum absolute atomic E-state index is 0.381. The Bertz CT molecular complexity index is 181. The first-order valence-electron chi connectivity index (χ1n) is 4.23. The van der Waals surface area contributed by atoms with Gasteiger partial charge in [-0.2, -0.15) is 0 Å². The van der Waals surface area contributed by atoms with E-state index in [0.717, 1.165) is 19.3 Å². The van der Waals surface area contributed by atoms with E-state index >= 15 is 0 Å². The van der Waals surface area contributed by atoms with Crippen LogP contribution in [0.25, 0.3) is 0 Å². The number of hydrogen-bond donors (Lipinski definition) is 1. The maximum absolute atomic E-state index is 10.1. The van der Waals surface area contributed by atoms with Crippen molar-refractivity contribution in [3.8, 4) is 0 Å². The molecule has 2 atom stereocenters. The summed E-state index contributed by atoms with van der Waals surface area (Å²) in [5.74, 6) is 0. The number of aliphatic hydroxyl groups is 1. The first kappa shape index (κ1) is 11.9. The molecule has 0 aromatic heterocycles. The summed E-state index contributed by atoms with van der Waals surface area (Å²) in [5.41, 5.74) is -1.34. The van der Waals surface area contributed by atoms with Gasteiger partial charge in [-0.25, -0.2) is 0 Å². The van der Waals surface area contributed by atoms with E-state index in [1.165, 1.54) is 7.11 Å². The lowest BCUT2D eigenvalue weighted by Gasteiger charge is -2.43. The molecular weight excluding hydrogens is 234 g/mol. The van der Waals surface area contributed by atoms with Crippen LogP contribution in [0, 0.1) is 0 Å². The minimum atomic E-state index is -1.67. The monoisotopic (exact) mass is 246 g/mol. The smallest absolute Gasteiger partial charge is 0.221 e. The van der Waals surface area contributed by atoms with Crippen molar-refractivity contribution in [1.29, 1.82) is 0 Å². The van der Waals surface area contributed by atoms with Crippen LogP contribution in [0.3, 0.4) is 0 Å². The molecule has 0 saturated heterocycles. The first-order chi connectivity index (χ1) is 5.92.